The summed E-state index contributed by atoms with van der Waals surface area (Å²) in [6, 6.07) is 18.2. The van der Waals surface area contributed by atoms with Crippen molar-refractivity contribution in [2.75, 3.05) is 0 Å². The average molecular weight is 238 g/mol. The predicted octanol–water partition coefficient (Wildman–Crippen LogP) is 2.93. The SMILES string of the molecule is C[CH2][Al]([c]1ccc(C)cc1)[c]1ccc(C)cc1. The van der Waals surface area contributed by atoms with Crippen molar-refractivity contribution in [1.29, 1.82) is 0 Å². The molecule has 17 heavy (non-hydrogen) atoms. The predicted molar refractivity (Wildman–Crippen MR) is 77.9 cm³/mol. The summed E-state index contributed by atoms with van der Waals surface area (Å²) in [7, 11) is 0. The first-order valence-corrected chi connectivity index (χ1v) is 8.31. The van der Waals surface area contributed by atoms with Crippen molar-refractivity contribution in [2.24, 2.45) is 0 Å². The summed E-state index contributed by atoms with van der Waals surface area (Å²) < 4.78 is 3.11. The van der Waals surface area contributed by atoms with E-state index in [4.69, 9.17) is 0 Å². The van der Waals surface area contributed by atoms with Crippen LogP contribution in [0.2, 0.25) is 5.28 Å². The summed E-state index contributed by atoms with van der Waals surface area (Å²) in [5.74, 6) is 0. The van der Waals surface area contributed by atoms with Gasteiger partial charge in [-0.15, -0.1) is 8.85 Å². The van der Waals surface area contributed by atoms with Gasteiger partial charge in [-0.2, -0.15) is 0 Å². The fourth-order valence-corrected chi connectivity index (χ4v) is 4.90. The van der Waals surface area contributed by atoms with Gasteiger partial charge in [0.2, 0.25) is 0 Å². The minimum atomic E-state index is -0.971. The Bertz CT molecular complexity index is 422. The number of hydrogen-bond acceptors (Lipinski definition) is 0. The lowest BCUT2D eigenvalue weighted by Gasteiger charge is -2.11. The van der Waals surface area contributed by atoms with Gasteiger partial charge in [-0.05, 0) is 13.8 Å². The Hall–Kier alpha value is -1.03. The van der Waals surface area contributed by atoms with Crippen molar-refractivity contribution >= 4 is 23.0 Å². The van der Waals surface area contributed by atoms with E-state index in [0.717, 1.165) is 0 Å². The topological polar surface area (TPSA) is 0 Å². The molecule has 0 amide bonds. The van der Waals surface area contributed by atoms with Crippen LogP contribution in [0.4, 0.5) is 0 Å². The van der Waals surface area contributed by atoms with Crippen molar-refractivity contribution < 1.29 is 0 Å². The molecular formula is C16H19Al. The summed E-state index contributed by atoms with van der Waals surface area (Å²) in [6.45, 7) is 6.62. The highest BCUT2D eigenvalue weighted by atomic mass is 27.2. The van der Waals surface area contributed by atoms with Gasteiger partial charge in [-0.1, -0.05) is 71.9 Å². The van der Waals surface area contributed by atoms with Crippen LogP contribution < -0.4 is 8.85 Å². The Kier molecular flexibility index (Phi) is 4.05. The van der Waals surface area contributed by atoms with E-state index in [2.05, 4.69) is 69.3 Å². The van der Waals surface area contributed by atoms with Crippen LogP contribution in [0, 0.1) is 13.8 Å². The highest BCUT2D eigenvalue weighted by molar-refractivity contribution is 6.85. The normalized spacial score (nSPS) is 10.3. The van der Waals surface area contributed by atoms with Crippen molar-refractivity contribution in [3.8, 4) is 0 Å². The number of benzene rings is 2. The molecule has 0 aliphatic carbocycles. The second-order valence-corrected chi connectivity index (χ2v) is 8.04. The highest BCUT2D eigenvalue weighted by Crippen LogP contribution is 2.01. The Morgan fingerprint density at radius 1 is 0.706 bits per heavy atom. The summed E-state index contributed by atoms with van der Waals surface area (Å²) >= 11 is -0.971. The maximum absolute atomic E-state index is 2.32. The second-order valence-electron chi connectivity index (χ2n) is 4.78. The van der Waals surface area contributed by atoms with Gasteiger partial charge in [-0.3, -0.25) is 0 Å². The van der Waals surface area contributed by atoms with Gasteiger partial charge < -0.3 is 0 Å². The average Bonchev–Trinajstić information content (AvgIpc) is 2.35. The zero-order valence-corrected chi connectivity index (χ0v) is 12.1. The molecule has 0 aromatic heterocycles. The summed E-state index contributed by atoms with van der Waals surface area (Å²) in [4.78, 5) is 0. The molecule has 0 fully saturated rings. The molecule has 2 aromatic rings. The third kappa shape index (κ3) is 3.00. The highest BCUT2D eigenvalue weighted by Gasteiger charge is 2.19. The minimum absolute atomic E-state index is 0.971. The molecule has 86 valence electrons. The van der Waals surface area contributed by atoms with Crippen molar-refractivity contribution in [1.82, 2.24) is 0 Å². The van der Waals surface area contributed by atoms with E-state index in [0.29, 0.717) is 0 Å². The molecule has 0 spiro atoms. The lowest BCUT2D eigenvalue weighted by Crippen LogP contribution is -2.41. The van der Waals surface area contributed by atoms with E-state index in [-0.39, 0.29) is 0 Å². The van der Waals surface area contributed by atoms with E-state index in [1.54, 1.807) is 8.85 Å². The molecule has 0 unspecified atom stereocenters. The van der Waals surface area contributed by atoms with Gasteiger partial charge in [-0.25, -0.2) is 0 Å². The van der Waals surface area contributed by atoms with Gasteiger partial charge in [0, 0.05) is 0 Å². The summed E-state index contributed by atoms with van der Waals surface area (Å²) in [5.41, 5.74) is 2.70. The molecule has 2 aromatic carbocycles. The fraction of sp³-hybridized carbons (Fsp3) is 0.250. The third-order valence-electron chi connectivity index (χ3n) is 3.37. The zero-order valence-electron chi connectivity index (χ0n) is 10.9. The molecule has 0 N–H and O–H groups in total. The van der Waals surface area contributed by atoms with Gasteiger partial charge in [0.15, 0.2) is 0 Å². The smallest absolute Gasteiger partial charge is 0.104 e. The maximum Gasteiger partial charge on any atom is 0.345 e. The molecule has 0 nitrogen and oxygen atoms in total. The van der Waals surface area contributed by atoms with Crippen LogP contribution in [-0.4, -0.2) is 14.1 Å². The summed E-state index contributed by atoms with van der Waals surface area (Å²) in [6.07, 6.45) is 0. The Morgan fingerprint density at radius 2 is 1.06 bits per heavy atom. The van der Waals surface area contributed by atoms with Crippen molar-refractivity contribution in [3.63, 3.8) is 0 Å². The largest absolute Gasteiger partial charge is 0.345 e. The van der Waals surface area contributed by atoms with Gasteiger partial charge in [0.05, 0.1) is 0 Å². The number of aryl methyl sites for hydroxylation is 2. The molecule has 0 saturated heterocycles. The minimum Gasteiger partial charge on any atom is -0.104 e. The Morgan fingerprint density at radius 3 is 1.35 bits per heavy atom. The van der Waals surface area contributed by atoms with E-state index in [1.807, 2.05) is 0 Å². The second kappa shape index (κ2) is 5.54. The van der Waals surface area contributed by atoms with Crippen LogP contribution in [0.5, 0.6) is 0 Å². The molecule has 0 atom stereocenters. The van der Waals surface area contributed by atoms with Crippen LogP contribution in [0.1, 0.15) is 18.1 Å². The molecular weight excluding hydrogens is 219 g/mol. The standard InChI is InChI=1S/2C7H7.C2H5.Al/c2*1-7-5-3-2-4-6-7;1-2;/h2*3-6H,1H3;1H2,2H3;. The molecule has 0 aliphatic heterocycles. The van der Waals surface area contributed by atoms with Gasteiger partial charge in [0.25, 0.3) is 0 Å². The summed E-state index contributed by atoms with van der Waals surface area (Å²) in [5, 5.41) is 1.28. The van der Waals surface area contributed by atoms with Crippen LogP contribution >= 0.6 is 0 Å². The Balaban J connectivity index is 2.33. The van der Waals surface area contributed by atoms with E-state index in [1.165, 1.54) is 16.4 Å². The van der Waals surface area contributed by atoms with E-state index >= 15 is 0 Å². The quantitative estimate of drug-likeness (QED) is 0.721. The molecule has 0 saturated carbocycles. The van der Waals surface area contributed by atoms with Crippen LogP contribution in [0.3, 0.4) is 0 Å². The first kappa shape index (κ1) is 12.4. The molecule has 0 radical (unpaired) electrons. The van der Waals surface area contributed by atoms with Crippen LogP contribution in [0.15, 0.2) is 48.5 Å². The fourth-order valence-electron chi connectivity index (χ4n) is 2.26. The Labute approximate surface area is 109 Å². The number of hydrogen-bond donors (Lipinski definition) is 0. The number of rotatable bonds is 3. The van der Waals surface area contributed by atoms with Crippen LogP contribution in [-0.2, 0) is 0 Å². The third-order valence-corrected chi connectivity index (χ3v) is 6.56. The first-order chi connectivity index (χ1) is 8.20. The van der Waals surface area contributed by atoms with Crippen LogP contribution in [0.25, 0.3) is 0 Å². The molecule has 0 aliphatic rings. The van der Waals surface area contributed by atoms with Gasteiger partial charge in [0.1, 0.15) is 0 Å². The maximum atomic E-state index is 2.32. The molecule has 0 heterocycles. The zero-order chi connectivity index (χ0) is 12.3. The molecule has 0 bridgehead atoms. The first-order valence-electron chi connectivity index (χ1n) is 6.34. The van der Waals surface area contributed by atoms with Crippen molar-refractivity contribution in [3.05, 3.63) is 59.7 Å². The lowest BCUT2D eigenvalue weighted by atomic mass is 10.2. The van der Waals surface area contributed by atoms with E-state index < -0.39 is 14.1 Å². The van der Waals surface area contributed by atoms with Gasteiger partial charge >= 0.3 is 14.1 Å². The monoisotopic (exact) mass is 238 g/mol. The van der Waals surface area contributed by atoms with Crippen molar-refractivity contribution in [2.45, 2.75) is 26.1 Å². The molecule has 2 rings (SSSR count). The van der Waals surface area contributed by atoms with E-state index in [9.17, 15) is 0 Å². The molecule has 1 heteroatoms. The lowest BCUT2D eigenvalue weighted by molar-refractivity contribution is 1.42.